The number of nitrogens with one attached hydrogen (secondary N) is 6. The van der Waals surface area contributed by atoms with Gasteiger partial charge in [0, 0.05) is 42.9 Å². The standard InChI is InChI=1S/C51H63Cl4N13O11/c1-5-26(3)45(73)31-11-13-35(43(54)41(31)52)78-24-39(71)67-33(9-7-15-61-50(57)58)48(76)65-22-37(69)63-20-28-17-29(19-30(18-28)47(56)75)21-64-38(70)23-66-49(77)34(10-8-16-62-51(59)60)68-40(72)25-79-36-14-12-32(42(53)44(36)55)46(74)27(4)6-2/h11-14,17-19,33-34H,3-10,15-16,20-25H2,1-2H3,(H2,56,75)(H,63,69)(H,64,70)(H,65,76)(H,66,77)(H,67,71)(H,68,72)(H4,57,58,61)(H4,59,60,62)/t33-,34-/m0/s1. The molecule has 7 amide bonds. The van der Waals surface area contributed by atoms with E-state index in [1.807, 2.05) is 0 Å². The van der Waals surface area contributed by atoms with Crippen molar-refractivity contribution in [2.24, 2.45) is 38.7 Å². The molecule has 0 saturated heterocycles. The van der Waals surface area contributed by atoms with Gasteiger partial charge in [0.25, 0.3) is 11.8 Å². The van der Waals surface area contributed by atoms with Gasteiger partial charge in [-0.1, -0.05) is 79.5 Å². The van der Waals surface area contributed by atoms with E-state index in [1.165, 1.54) is 36.4 Å². The summed E-state index contributed by atoms with van der Waals surface area (Å²) in [6.45, 7) is 8.54. The van der Waals surface area contributed by atoms with Gasteiger partial charge in [0.1, 0.15) is 33.6 Å². The van der Waals surface area contributed by atoms with Gasteiger partial charge in [-0.05, 0) is 97.2 Å². The number of carbonyl (C=O) groups is 9. The number of Topliss-reactive ketones (excluding diaryl/α,β-unsaturated/α-hetero) is 2. The molecular weight excluding hydrogens is 1110 g/mol. The average molecular weight is 1180 g/mol. The van der Waals surface area contributed by atoms with E-state index >= 15 is 0 Å². The molecule has 3 aromatic carbocycles. The fourth-order valence-electron chi connectivity index (χ4n) is 6.86. The molecule has 24 nitrogen and oxygen atoms in total. The number of halogens is 4. The van der Waals surface area contributed by atoms with Crippen LogP contribution in [0.3, 0.4) is 0 Å². The minimum absolute atomic E-state index is 0.00707. The molecule has 0 aliphatic rings. The van der Waals surface area contributed by atoms with Crippen LogP contribution >= 0.6 is 46.4 Å². The topological polar surface area (TPSA) is 399 Å². The van der Waals surface area contributed by atoms with E-state index in [9.17, 15) is 43.2 Å². The van der Waals surface area contributed by atoms with Gasteiger partial charge in [0.05, 0.1) is 23.1 Å². The van der Waals surface area contributed by atoms with Crippen molar-refractivity contribution in [3.63, 3.8) is 0 Å². The van der Waals surface area contributed by atoms with Crippen molar-refractivity contribution in [2.45, 2.75) is 77.5 Å². The second-order valence-corrected chi connectivity index (χ2v) is 18.7. The van der Waals surface area contributed by atoms with E-state index < -0.39 is 91.3 Å². The minimum Gasteiger partial charge on any atom is -0.482 e. The van der Waals surface area contributed by atoms with Crippen molar-refractivity contribution in [3.8, 4) is 11.5 Å². The van der Waals surface area contributed by atoms with Crippen molar-refractivity contribution in [1.29, 1.82) is 0 Å². The van der Waals surface area contributed by atoms with E-state index in [0.29, 0.717) is 35.1 Å². The zero-order valence-corrected chi connectivity index (χ0v) is 46.3. The highest BCUT2D eigenvalue weighted by Gasteiger charge is 2.25. The number of nitrogens with zero attached hydrogens (tertiary/aromatic N) is 2. The van der Waals surface area contributed by atoms with Gasteiger partial charge in [0.2, 0.25) is 29.5 Å². The number of rotatable bonds is 33. The summed E-state index contributed by atoms with van der Waals surface area (Å²) in [5, 5.41) is 14.8. The molecule has 16 N–H and O–H groups in total. The van der Waals surface area contributed by atoms with Gasteiger partial charge in [0.15, 0.2) is 36.7 Å². The number of ketones is 2. The third-order valence-electron chi connectivity index (χ3n) is 11.2. The molecule has 0 aromatic heterocycles. The summed E-state index contributed by atoms with van der Waals surface area (Å²) < 4.78 is 11.1. The molecule has 0 heterocycles. The number of guanidine groups is 2. The number of aliphatic imine (C=N–C) groups is 2. The molecule has 0 aliphatic carbocycles. The van der Waals surface area contributed by atoms with E-state index in [1.54, 1.807) is 19.9 Å². The first-order valence-corrected chi connectivity index (χ1v) is 25.8. The molecule has 0 fully saturated rings. The SMILES string of the molecule is C=C(CC)C(=O)c1ccc(OCC(=O)N[C@@H](CCCN=C(N)N)C(=O)NCC(=O)NCc2cc(CNC(=O)CNC(=O)[C@H](CCCN=C(N)N)NC(=O)COc3ccc(C(=O)C(=C)CC)c(Cl)c3Cl)cc(C(N)=O)c2)c(Cl)c1Cl. The molecule has 0 bridgehead atoms. The summed E-state index contributed by atoms with van der Waals surface area (Å²) in [5.74, 6) is -6.31. The molecule has 0 unspecified atom stereocenters. The summed E-state index contributed by atoms with van der Waals surface area (Å²) in [4.78, 5) is 124. The summed E-state index contributed by atoms with van der Waals surface area (Å²) in [5.41, 5.74) is 28.9. The predicted octanol–water partition coefficient (Wildman–Crippen LogP) is 2.40. The van der Waals surface area contributed by atoms with Crippen LogP contribution in [-0.4, -0.2) is 116 Å². The third-order valence-corrected chi connectivity index (χ3v) is 12.9. The molecule has 79 heavy (non-hydrogen) atoms. The maximum absolute atomic E-state index is 13.3. The van der Waals surface area contributed by atoms with Gasteiger partial charge < -0.3 is 70.0 Å². The number of primary amides is 1. The van der Waals surface area contributed by atoms with Crippen molar-refractivity contribution in [1.82, 2.24) is 31.9 Å². The summed E-state index contributed by atoms with van der Waals surface area (Å²) >= 11 is 25.3. The molecule has 426 valence electrons. The number of amides is 7. The normalized spacial score (nSPS) is 11.3. The Morgan fingerprint density at radius 1 is 0.544 bits per heavy atom. The fraction of sp³-hybridized carbons (Fsp3) is 0.353. The minimum atomic E-state index is -1.19. The first kappa shape index (κ1) is 65.4. The first-order valence-electron chi connectivity index (χ1n) is 24.2. The highest BCUT2D eigenvalue weighted by molar-refractivity contribution is 6.46. The Bertz CT molecular complexity index is 2690. The number of carbonyl (C=O) groups excluding carboxylic acids is 9. The number of benzene rings is 3. The Morgan fingerprint density at radius 3 is 1.27 bits per heavy atom. The summed E-state index contributed by atoms with van der Waals surface area (Å²) in [6.07, 6.45) is 1.34. The lowest BCUT2D eigenvalue weighted by atomic mass is 10.0. The van der Waals surface area contributed by atoms with Crippen LogP contribution in [0.25, 0.3) is 0 Å². The molecule has 3 aromatic rings. The van der Waals surface area contributed by atoms with Crippen LogP contribution in [-0.2, 0) is 41.9 Å². The van der Waals surface area contributed by atoms with Crippen LogP contribution in [0.2, 0.25) is 20.1 Å². The molecule has 0 spiro atoms. The van der Waals surface area contributed by atoms with E-state index in [2.05, 4.69) is 55.0 Å². The highest BCUT2D eigenvalue weighted by atomic mass is 35.5. The molecule has 0 aliphatic heterocycles. The van der Waals surface area contributed by atoms with Gasteiger partial charge in [-0.25, -0.2) is 0 Å². The van der Waals surface area contributed by atoms with Crippen LogP contribution in [0, 0.1) is 0 Å². The molecule has 3 rings (SSSR count). The fourth-order valence-corrected chi connectivity index (χ4v) is 7.78. The number of allylic oxidation sites excluding steroid dienone is 2. The van der Waals surface area contributed by atoms with Crippen molar-refractivity contribution in [2.75, 3.05) is 39.4 Å². The van der Waals surface area contributed by atoms with Crippen LogP contribution in [0.4, 0.5) is 0 Å². The molecule has 0 radical (unpaired) electrons. The van der Waals surface area contributed by atoms with Crippen molar-refractivity contribution >= 4 is 111 Å². The zero-order valence-electron chi connectivity index (χ0n) is 43.3. The predicted molar refractivity (Wildman–Crippen MR) is 300 cm³/mol. The smallest absolute Gasteiger partial charge is 0.258 e. The monoisotopic (exact) mass is 1170 g/mol. The van der Waals surface area contributed by atoms with Gasteiger partial charge in [-0.3, -0.25) is 53.1 Å². The van der Waals surface area contributed by atoms with Crippen molar-refractivity contribution < 1.29 is 52.6 Å². The maximum atomic E-state index is 13.3. The lowest BCUT2D eigenvalue weighted by molar-refractivity contribution is -0.131. The molecule has 28 heteroatoms. The number of hydrogen-bond donors (Lipinski definition) is 11. The van der Waals surface area contributed by atoms with Gasteiger partial charge >= 0.3 is 0 Å². The number of nitrogens with two attached hydrogens (primary N) is 5. The first-order chi connectivity index (χ1) is 37.4. The number of hydrogen-bond acceptors (Lipinski definition) is 13. The van der Waals surface area contributed by atoms with Crippen LogP contribution in [0.1, 0.15) is 94.6 Å². The third kappa shape index (κ3) is 21.8. The second kappa shape index (κ2) is 32.7. The summed E-state index contributed by atoms with van der Waals surface area (Å²) in [6, 6.07) is 7.52. The Hall–Kier alpha value is -7.93. The van der Waals surface area contributed by atoms with Crippen LogP contribution in [0.5, 0.6) is 11.5 Å². The largest absolute Gasteiger partial charge is 0.482 e. The number of ether oxygens (including phenoxy) is 2. The molecule has 0 saturated carbocycles. The Morgan fingerprint density at radius 2 is 0.924 bits per heavy atom. The van der Waals surface area contributed by atoms with Crippen molar-refractivity contribution in [3.05, 3.63) is 115 Å². The summed E-state index contributed by atoms with van der Waals surface area (Å²) in [7, 11) is 0. The van der Waals surface area contributed by atoms with Crippen LogP contribution < -0.4 is 70.0 Å². The highest BCUT2D eigenvalue weighted by Crippen LogP contribution is 2.37. The van der Waals surface area contributed by atoms with E-state index in [4.69, 9.17) is 84.5 Å². The maximum Gasteiger partial charge on any atom is 0.258 e. The second-order valence-electron chi connectivity index (χ2n) is 17.2. The molecule has 2 atom stereocenters. The van der Waals surface area contributed by atoms with E-state index in [-0.39, 0.29) is 112 Å². The van der Waals surface area contributed by atoms with E-state index in [0.717, 1.165) is 0 Å². The average Bonchev–Trinajstić information content (AvgIpc) is 3.44. The Balaban J connectivity index is 1.59. The quantitative estimate of drug-likeness (QED) is 0.0137. The Kier molecular flexibility index (Phi) is 27.1. The van der Waals surface area contributed by atoms with Gasteiger partial charge in [-0.2, -0.15) is 0 Å². The van der Waals surface area contributed by atoms with Crippen LogP contribution in [0.15, 0.2) is 76.8 Å². The lowest BCUT2D eigenvalue weighted by Gasteiger charge is -2.19. The zero-order chi connectivity index (χ0) is 58.9. The lowest BCUT2D eigenvalue weighted by Crippen LogP contribution is -2.50. The Labute approximate surface area is 475 Å². The van der Waals surface area contributed by atoms with Gasteiger partial charge in [-0.15, -0.1) is 0 Å². The molecular formula is C51H63Cl4N13O11.